The molecular weight excluding hydrogens is 225 g/mol. The molecule has 0 aromatic carbocycles. The van der Waals surface area contributed by atoms with Gasteiger partial charge in [-0.3, -0.25) is 4.57 Å². The van der Waals surface area contributed by atoms with Crippen molar-refractivity contribution in [3.63, 3.8) is 0 Å². The third kappa shape index (κ3) is 1720. The molecule has 0 unspecified atom stereocenters. The fourth-order valence-corrected chi connectivity index (χ4v) is 0. The van der Waals surface area contributed by atoms with Crippen molar-refractivity contribution in [3.05, 3.63) is 0 Å². The van der Waals surface area contributed by atoms with Gasteiger partial charge in [-0.15, -0.1) is 0 Å². The van der Waals surface area contributed by atoms with Crippen molar-refractivity contribution in [2.45, 2.75) is 6.92 Å². The van der Waals surface area contributed by atoms with Gasteiger partial charge in [0.15, 0.2) is 0 Å². The van der Waals surface area contributed by atoms with Crippen LogP contribution in [-0.2, 0) is 9.36 Å². The van der Waals surface area contributed by atoms with Gasteiger partial charge in [-0.1, -0.05) is 0 Å². The Labute approximate surface area is 73.6 Å². The van der Waals surface area contributed by atoms with E-state index in [1.165, 1.54) is 0 Å². The molecular formula is C2H6Cl3O4P. The number of aliphatic carboxylic acids is 1. The second-order valence-corrected chi connectivity index (χ2v) is 5.06. The van der Waals surface area contributed by atoms with E-state index in [9.17, 15) is 4.57 Å². The molecule has 0 bridgehead atoms. The highest BCUT2D eigenvalue weighted by Gasteiger charge is 2.02. The zero-order valence-electron chi connectivity index (χ0n) is 4.82. The molecule has 0 aliphatic rings. The molecule has 0 heterocycles. The first-order valence-corrected chi connectivity index (χ1v) is 5.10. The lowest BCUT2D eigenvalue weighted by Gasteiger charge is -1.77. The summed E-state index contributed by atoms with van der Waals surface area (Å²) < 4.78 is 9.30. The minimum atomic E-state index is -3.69. The van der Waals surface area contributed by atoms with E-state index < -0.39 is 12.0 Å². The summed E-state index contributed by atoms with van der Waals surface area (Å²) in [5.41, 5.74) is 0. The van der Waals surface area contributed by atoms with Crippen LogP contribution in [0, 0.1) is 12.4 Å². The number of carbonyl (C=O) groups is 1. The Morgan fingerprint density at radius 1 is 1.60 bits per heavy atom. The Bertz CT molecular complexity index is 118. The number of halogens is 3. The maximum absolute atomic E-state index is 9.30. The van der Waals surface area contributed by atoms with E-state index in [-0.39, 0.29) is 12.4 Å². The highest BCUT2D eigenvalue weighted by molar-refractivity contribution is 8.04. The molecule has 0 saturated carbocycles. The molecule has 10 heavy (non-hydrogen) atoms. The largest absolute Gasteiger partial charge is 0.550 e. The standard InChI is InChI=1S/C2H4O2.Cl2HO2P.ClH2/c1-2(3)4;1-5(2,3)4;/h1H3,(H,3,4);(H,3,4);1H2/q;;+1/p-1. The normalized spacial score (nSPS) is 8.40. The molecule has 0 saturated heterocycles. The second-order valence-electron chi connectivity index (χ2n) is 0.926. The lowest BCUT2D eigenvalue weighted by molar-refractivity contribution is -0.302. The average molecular weight is 231 g/mol. The highest BCUT2D eigenvalue weighted by atomic mass is 35.9. The van der Waals surface area contributed by atoms with Crippen molar-refractivity contribution in [2.24, 2.45) is 0 Å². The van der Waals surface area contributed by atoms with E-state index in [1.54, 1.807) is 0 Å². The van der Waals surface area contributed by atoms with Crippen LogP contribution in [0.25, 0.3) is 0 Å². The predicted molar refractivity (Wildman–Crippen MR) is 35.0 cm³/mol. The van der Waals surface area contributed by atoms with E-state index in [2.05, 4.69) is 22.5 Å². The lowest BCUT2D eigenvalue weighted by Crippen LogP contribution is -2.16. The molecule has 0 amide bonds. The van der Waals surface area contributed by atoms with Gasteiger partial charge >= 0.3 is 6.07 Å². The summed E-state index contributed by atoms with van der Waals surface area (Å²) >= 11 is 8.81. The Balaban J connectivity index is -0.0000000910. The van der Waals surface area contributed by atoms with Crippen LogP contribution in [-0.4, -0.2) is 10.9 Å². The van der Waals surface area contributed by atoms with Crippen molar-refractivity contribution in [3.8, 4) is 0 Å². The van der Waals surface area contributed by atoms with Gasteiger partial charge in [-0.25, -0.2) is 0 Å². The van der Waals surface area contributed by atoms with Crippen LogP contribution in [0.5, 0.6) is 0 Å². The summed E-state index contributed by atoms with van der Waals surface area (Å²) in [6.45, 7) is 0.972. The summed E-state index contributed by atoms with van der Waals surface area (Å²) in [5.74, 6) is -1.08. The van der Waals surface area contributed by atoms with Crippen molar-refractivity contribution in [1.29, 1.82) is 0 Å². The van der Waals surface area contributed by atoms with E-state index in [0.29, 0.717) is 0 Å². The first kappa shape index (κ1) is 16.9. The topological polar surface area (TPSA) is 77.4 Å². The van der Waals surface area contributed by atoms with Gasteiger partial charge in [0, 0.05) is 5.97 Å². The van der Waals surface area contributed by atoms with Crippen LogP contribution >= 0.6 is 28.6 Å². The molecule has 0 rings (SSSR count). The van der Waals surface area contributed by atoms with Gasteiger partial charge in [-0.05, 0) is 29.4 Å². The maximum atomic E-state index is 9.30. The third-order valence-electron chi connectivity index (χ3n) is 0. The van der Waals surface area contributed by atoms with E-state index in [4.69, 9.17) is 14.8 Å². The predicted octanol–water partition coefficient (Wildman–Crippen LogP) is -0.215. The van der Waals surface area contributed by atoms with Crippen molar-refractivity contribution in [1.82, 2.24) is 0 Å². The van der Waals surface area contributed by atoms with Crippen LogP contribution < -0.4 is 5.11 Å². The van der Waals surface area contributed by atoms with Gasteiger partial charge in [0.25, 0.3) is 0 Å². The molecule has 4 nitrogen and oxygen atoms in total. The molecule has 0 spiro atoms. The van der Waals surface area contributed by atoms with Crippen LogP contribution in [0.2, 0.25) is 0 Å². The molecule has 8 heteroatoms. The first-order chi connectivity index (χ1) is 3.73. The molecule has 1 N–H and O–H groups in total. The highest BCUT2D eigenvalue weighted by Crippen LogP contribution is 2.51. The van der Waals surface area contributed by atoms with Crippen molar-refractivity contribution < 1.29 is 31.8 Å². The smallest absolute Gasteiger partial charge is 0.377 e. The summed E-state index contributed by atoms with van der Waals surface area (Å²) in [4.78, 5) is 16.5. The molecule has 0 aliphatic heterocycles. The molecule has 0 radical (unpaired) electrons. The molecule has 0 aliphatic carbocycles. The van der Waals surface area contributed by atoms with Gasteiger partial charge in [-0.2, -0.15) is 0 Å². The van der Waals surface area contributed by atoms with Gasteiger partial charge < -0.3 is 14.8 Å². The molecule has 0 fully saturated rings. The van der Waals surface area contributed by atoms with E-state index in [0.717, 1.165) is 6.92 Å². The second kappa shape index (κ2) is 7.63. The number of rotatable bonds is 0. The Hall–Kier alpha value is 0.530. The monoisotopic (exact) mass is 230 g/mol. The van der Waals surface area contributed by atoms with Crippen LogP contribution in [0.3, 0.4) is 0 Å². The number of carbonyl (C=O) groups excluding carboxylic acids is 1. The van der Waals surface area contributed by atoms with Gasteiger partial charge in [0.05, 0.1) is 12.4 Å². The minimum absolute atomic E-state index is 0. The third-order valence-corrected chi connectivity index (χ3v) is 0. The Kier molecular flexibility index (Phi) is 12.9. The zero-order chi connectivity index (χ0) is 8.08. The molecule has 0 aromatic heterocycles. The SMILES string of the molecule is CC(=O)[O-].O=P(O)(Cl)Cl.[ClH2+]. The van der Waals surface area contributed by atoms with E-state index >= 15 is 0 Å². The lowest BCUT2D eigenvalue weighted by atomic mass is 10.9. The fourth-order valence-electron chi connectivity index (χ4n) is 0. The van der Waals surface area contributed by atoms with Gasteiger partial charge in [0.1, 0.15) is 0 Å². The zero-order valence-corrected chi connectivity index (χ0v) is 8.12. The summed E-state index contributed by atoms with van der Waals surface area (Å²) in [6, 6.07) is 0. The van der Waals surface area contributed by atoms with Crippen molar-refractivity contribution in [2.75, 3.05) is 0 Å². The van der Waals surface area contributed by atoms with Crippen LogP contribution in [0.15, 0.2) is 0 Å². The number of carboxylic acid groups (broad SMARTS) is 1. The average Bonchev–Trinajstić information content (AvgIpc) is 1.19. The van der Waals surface area contributed by atoms with Gasteiger partial charge in [0.2, 0.25) is 0 Å². The number of hydrogen-bond acceptors (Lipinski definition) is 3. The number of carboxylic acids is 1. The summed E-state index contributed by atoms with van der Waals surface area (Å²) in [5, 5.41) is 8.89. The minimum Gasteiger partial charge on any atom is -0.550 e. The molecule has 64 valence electrons. The van der Waals surface area contributed by atoms with Crippen LogP contribution in [0.1, 0.15) is 6.92 Å². The Morgan fingerprint density at radius 2 is 1.60 bits per heavy atom. The molecule has 0 atom stereocenters. The maximum Gasteiger partial charge on any atom is 0.377 e. The summed E-state index contributed by atoms with van der Waals surface area (Å²) in [6.07, 6.45) is -3.69. The first-order valence-electron chi connectivity index (χ1n) is 1.63. The van der Waals surface area contributed by atoms with E-state index in [1.807, 2.05) is 0 Å². The van der Waals surface area contributed by atoms with Crippen molar-refractivity contribution >= 4 is 34.5 Å². The molecule has 0 aromatic rings. The van der Waals surface area contributed by atoms with Crippen LogP contribution in [0.4, 0.5) is 0 Å². The quantitative estimate of drug-likeness (QED) is 0.585. The Morgan fingerprint density at radius 3 is 1.60 bits per heavy atom. The summed E-state index contributed by atoms with van der Waals surface area (Å²) in [7, 11) is 0. The fraction of sp³-hybridized carbons (Fsp3) is 0.500. The number of hydrogen-bond donors (Lipinski definition) is 1.